The van der Waals surface area contributed by atoms with Crippen LogP contribution in [0.5, 0.6) is 0 Å². The molecule has 1 aromatic carbocycles. The van der Waals surface area contributed by atoms with E-state index in [1.165, 1.54) is 33.7 Å². The Morgan fingerprint density at radius 3 is 2.89 bits per heavy atom. The molecule has 7 nitrogen and oxygen atoms in total. The van der Waals surface area contributed by atoms with Crippen LogP contribution in [0.3, 0.4) is 0 Å². The Balaban J connectivity index is 1.52. The van der Waals surface area contributed by atoms with Gasteiger partial charge in [-0.2, -0.15) is 8.78 Å². The number of nitrogens with one attached hydrogen (secondary N) is 1. The van der Waals surface area contributed by atoms with Crippen LogP contribution >= 0.6 is 22.9 Å². The van der Waals surface area contributed by atoms with Crippen molar-refractivity contribution in [1.29, 1.82) is 0 Å². The molecule has 182 valence electrons. The fourth-order valence-corrected chi connectivity index (χ4v) is 5.69. The van der Waals surface area contributed by atoms with E-state index in [2.05, 4.69) is 15.0 Å². The highest BCUT2D eigenvalue weighted by atomic mass is 35.5. The standard InChI is InChI=1S/C24H21ClF2N4O3S/c25-15-10-14-2-1-5-29-21(14)18(11-15)17-3-6-28-19-12-16(35-22(17)19)13-31-20(32)4-7-30(24(31)33)8-9-34-23(26)27/h3-4,6-7,10-12,23,29H,1-2,5,8-9,13H2. The fraction of sp³-hybridized carbons (Fsp3) is 0.292. The van der Waals surface area contributed by atoms with Gasteiger partial charge in [0.2, 0.25) is 0 Å². The quantitative estimate of drug-likeness (QED) is 0.387. The number of thiophene rings is 1. The minimum Gasteiger partial charge on any atom is -0.384 e. The number of alkyl halides is 2. The molecule has 0 fully saturated rings. The van der Waals surface area contributed by atoms with Gasteiger partial charge >= 0.3 is 12.3 Å². The van der Waals surface area contributed by atoms with Gasteiger partial charge in [-0.1, -0.05) is 11.6 Å². The van der Waals surface area contributed by atoms with Gasteiger partial charge in [0, 0.05) is 51.7 Å². The molecule has 0 amide bonds. The van der Waals surface area contributed by atoms with Crippen LogP contribution < -0.4 is 16.6 Å². The molecule has 5 rings (SSSR count). The predicted molar refractivity (Wildman–Crippen MR) is 133 cm³/mol. The zero-order valence-corrected chi connectivity index (χ0v) is 20.0. The van der Waals surface area contributed by atoms with Gasteiger partial charge in [0.15, 0.2) is 0 Å². The van der Waals surface area contributed by atoms with Gasteiger partial charge in [-0.3, -0.25) is 18.9 Å². The summed E-state index contributed by atoms with van der Waals surface area (Å²) in [4.78, 5) is 30.5. The molecule has 11 heteroatoms. The third-order valence-corrected chi connectivity index (χ3v) is 7.25. The van der Waals surface area contributed by atoms with Gasteiger partial charge in [-0.05, 0) is 42.7 Å². The first-order valence-electron chi connectivity index (χ1n) is 11.0. The number of hydrogen-bond acceptors (Lipinski definition) is 6. The van der Waals surface area contributed by atoms with Gasteiger partial charge in [0.1, 0.15) is 0 Å². The Labute approximate surface area is 207 Å². The summed E-state index contributed by atoms with van der Waals surface area (Å²) in [5, 5.41) is 4.16. The molecule has 0 spiro atoms. The van der Waals surface area contributed by atoms with Gasteiger partial charge in [0.05, 0.1) is 29.9 Å². The van der Waals surface area contributed by atoms with E-state index in [1.807, 2.05) is 24.3 Å². The Kier molecular flexibility index (Phi) is 6.68. The molecule has 1 aliphatic rings. The summed E-state index contributed by atoms with van der Waals surface area (Å²) < 4.78 is 31.9. The smallest absolute Gasteiger partial charge is 0.345 e. The van der Waals surface area contributed by atoms with Crippen LogP contribution in [0.4, 0.5) is 14.5 Å². The highest BCUT2D eigenvalue weighted by Gasteiger charge is 2.19. The minimum atomic E-state index is -2.92. The van der Waals surface area contributed by atoms with Gasteiger partial charge in [-0.15, -0.1) is 11.3 Å². The van der Waals surface area contributed by atoms with E-state index in [-0.39, 0.29) is 19.7 Å². The summed E-state index contributed by atoms with van der Waals surface area (Å²) in [6, 6.07) is 8.97. The van der Waals surface area contributed by atoms with Crippen molar-refractivity contribution in [3.05, 3.63) is 79.0 Å². The molecule has 0 bridgehead atoms. The Morgan fingerprint density at radius 2 is 2.06 bits per heavy atom. The summed E-state index contributed by atoms with van der Waals surface area (Å²) in [6.45, 7) is -2.42. The maximum absolute atomic E-state index is 12.8. The normalized spacial score (nSPS) is 13.3. The molecule has 0 radical (unpaired) electrons. The lowest BCUT2D eigenvalue weighted by Gasteiger charge is -2.22. The molecule has 35 heavy (non-hydrogen) atoms. The van der Waals surface area contributed by atoms with E-state index in [4.69, 9.17) is 11.6 Å². The second kappa shape index (κ2) is 9.88. The Morgan fingerprint density at radius 1 is 1.20 bits per heavy atom. The topological polar surface area (TPSA) is 78.2 Å². The first kappa shape index (κ1) is 23.7. The van der Waals surface area contributed by atoms with E-state index in [0.717, 1.165) is 55.9 Å². The van der Waals surface area contributed by atoms with E-state index >= 15 is 0 Å². The molecule has 1 aliphatic heterocycles. The largest absolute Gasteiger partial charge is 0.384 e. The van der Waals surface area contributed by atoms with Crippen molar-refractivity contribution in [2.24, 2.45) is 0 Å². The lowest BCUT2D eigenvalue weighted by atomic mass is 9.95. The number of aromatic nitrogens is 3. The number of fused-ring (bicyclic) bond motifs is 2. The number of hydrogen-bond donors (Lipinski definition) is 1. The SMILES string of the molecule is O=c1ccn(CCOC(F)F)c(=O)n1Cc1cc2nccc(-c3cc(Cl)cc4c3NCCC4)c2s1. The van der Waals surface area contributed by atoms with E-state index in [1.54, 1.807) is 6.20 Å². The maximum atomic E-state index is 12.8. The lowest BCUT2D eigenvalue weighted by molar-refractivity contribution is -0.130. The van der Waals surface area contributed by atoms with Crippen molar-refractivity contribution in [3.63, 3.8) is 0 Å². The van der Waals surface area contributed by atoms with Crippen molar-refractivity contribution in [2.75, 3.05) is 18.5 Å². The van der Waals surface area contributed by atoms with Crippen LogP contribution in [0, 0.1) is 0 Å². The van der Waals surface area contributed by atoms with Crippen molar-refractivity contribution < 1.29 is 13.5 Å². The molecule has 0 aliphatic carbocycles. The first-order chi connectivity index (χ1) is 16.9. The summed E-state index contributed by atoms with van der Waals surface area (Å²) in [6.07, 6.45) is 5.01. The summed E-state index contributed by atoms with van der Waals surface area (Å²) in [7, 11) is 0. The number of aryl methyl sites for hydroxylation is 1. The van der Waals surface area contributed by atoms with Crippen LogP contribution in [0.25, 0.3) is 21.3 Å². The zero-order valence-electron chi connectivity index (χ0n) is 18.5. The Hall–Kier alpha value is -3.08. The third-order valence-electron chi connectivity index (χ3n) is 5.89. The van der Waals surface area contributed by atoms with E-state index in [0.29, 0.717) is 5.02 Å². The molecule has 1 N–H and O–H groups in total. The zero-order chi connectivity index (χ0) is 24.5. The van der Waals surface area contributed by atoms with Gasteiger partial charge in [-0.25, -0.2) is 4.79 Å². The van der Waals surface area contributed by atoms with E-state index in [9.17, 15) is 18.4 Å². The van der Waals surface area contributed by atoms with Crippen LogP contribution in [0.1, 0.15) is 16.9 Å². The molecule has 4 aromatic rings. The summed E-state index contributed by atoms with van der Waals surface area (Å²) in [5.74, 6) is 0. The molecule has 4 heterocycles. The first-order valence-corrected chi connectivity index (χ1v) is 12.2. The molecular formula is C24H21ClF2N4O3S. The number of anilines is 1. The highest BCUT2D eigenvalue weighted by molar-refractivity contribution is 7.19. The average molecular weight is 519 g/mol. The van der Waals surface area contributed by atoms with Crippen molar-refractivity contribution in [2.45, 2.75) is 32.5 Å². The number of nitrogens with zero attached hydrogens (tertiary/aromatic N) is 3. The molecule has 3 aromatic heterocycles. The number of pyridine rings is 1. The third kappa shape index (κ3) is 4.86. The van der Waals surface area contributed by atoms with Gasteiger partial charge < -0.3 is 10.1 Å². The molecular weight excluding hydrogens is 498 g/mol. The van der Waals surface area contributed by atoms with Crippen molar-refractivity contribution in [3.8, 4) is 11.1 Å². The second-order valence-electron chi connectivity index (χ2n) is 8.15. The number of benzene rings is 1. The van der Waals surface area contributed by atoms with Gasteiger partial charge in [0.25, 0.3) is 5.56 Å². The summed E-state index contributed by atoms with van der Waals surface area (Å²) >= 11 is 7.88. The molecule has 0 atom stereocenters. The number of ether oxygens (including phenoxy) is 1. The maximum Gasteiger partial charge on any atom is 0.345 e. The average Bonchev–Trinajstić information content (AvgIpc) is 3.25. The Bertz CT molecular complexity index is 1520. The van der Waals surface area contributed by atoms with Crippen LogP contribution in [0.2, 0.25) is 5.02 Å². The second-order valence-corrected chi connectivity index (χ2v) is 9.72. The number of halogens is 3. The van der Waals surface area contributed by atoms with Crippen LogP contribution in [-0.4, -0.2) is 33.9 Å². The van der Waals surface area contributed by atoms with Crippen molar-refractivity contribution >= 4 is 38.8 Å². The number of rotatable bonds is 7. The minimum absolute atomic E-state index is 0.0422. The molecule has 0 saturated heterocycles. The van der Waals surface area contributed by atoms with Crippen molar-refractivity contribution in [1.82, 2.24) is 14.1 Å². The predicted octanol–water partition coefficient (Wildman–Crippen LogP) is 4.59. The fourth-order valence-electron chi connectivity index (χ4n) is 4.32. The molecule has 0 saturated carbocycles. The van der Waals surface area contributed by atoms with Crippen LogP contribution in [-0.2, 0) is 24.2 Å². The lowest BCUT2D eigenvalue weighted by Crippen LogP contribution is -2.39. The highest BCUT2D eigenvalue weighted by Crippen LogP contribution is 2.41. The van der Waals surface area contributed by atoms with Crippen LogP contribution in [0.15, 0.2) is 52.3 Å². The molecule has 0 unspecified atom stereocenters. The summed E-state index contributed by atoms with van der Waals surface area (Å²) in [5.41, 5.74) is 3.90. The van der Waals surface area contributed by atoms with E-state index < -0.39 is 17.9 Å². The monoisotopic (exact) mass is 518 g/mol.